The fourth-order valence-electron chi connectivity index (χ4n) is 2.59. The second-order valence-corrected chi connectivity index (χ2v) is 9.74. The van der Waals surface area contributed by atoms with Crippen molar-refractivity contribution >= 4 is 20.0 Å². The minimum Gasteiger partial charge on any atom is -0.497 e. The van der Waals surface area contributed by atoms with E-state index < -0.39 is 26.1 Å². The molecule has 160 valence electrons. The van der Waals surface area contributed by atoms with Gasteiger partial charge in [-0.2, -0.15) is 0 Å². The molecule has 2 aromatic carbocycles. The lowest BCUT2D eigenvalue weighted by Gasteiger charge is -2.17. The highest BCUT2D eigenvalue weighted by molar-refractivity contribution is 7.89. The standard InChI is InChI=1S/C19H26N2O6S2/c1-4-15(21-29(24,25)19-11-7-17(27-3)8-12-19)13-14-20-28(22,23)18-9-5-16(26-2)6-10-18/h5-12,15,20-21H,4,13-14H2,1-3H3. The van der Waals surface area contributed by atoms with E-state index in [4.69, 9.17) is 9.47 Å². The minimum atomic E-state index is -3.72. The lowest BCUT2D eigenvalue weighted by Crippen LogP contribution is -2.37. The topological polar surface area (TPSA) is 111 Å². The molecule has 0 aliphatic heterocycles. The van der Waals surface area contributed by atoms with Crippen LogP contribution in [0.1, 0.15) is 19.8 Å². The largest absolute Gasteiger partial charge is 0.497 e. The van der Waals surface area contributed by atoms with Gasteiger partial charge in [-0.1, -0.05) is 6.92 Å². The zero-order valence-electron chi connectivity index (χ0n) is 16.6. The van der Waals surface area contributed by atoms with Gasteiger partial charge in [-0.3, -0.25) is 0 Å². The second kappa shape index (κ2) is 10.1. The summed E-state index contributed by atoms with van der Waals surface area (Å²) in [7, 11) is -4.41. The number of hydrogen-bond donors (Lipinski definition) is 2. The highest BCUT2D eigenvalue weighted by Gasteiger charge is 2.20. The summed E-state index contributed by atoms with van der Waals surface area (Å²) in [5, 5.41) is 0. The lowest BCUT2D eigenvalue weighted by atomic mass is 10.2. The summed E-state index contributed by atoms with van der Waals surface area (Å²) < 4.78 is 65.0. The van der Waals surface area contributed by atoms with Crippen molar-refractivity contribution in [3.63, 3.8) is 0 Å². The predicted molar refractivity (Wildman–Crippen MR) is 110 cm³/mol. The van der Waals surface area contributed by atoms with Gasteiger partial charge in [0.05, 0.1) is 24.0 Å². The summed E-state index contributed by atoms with van der Waals surface area (Å²) in [4.78, 5) is 0.237. The normalized spacial score (nSPS) is 13.1. The maximum atomic E-state index is 12.5. The third-order valence-corrected chi connectivity index (χ3v) is 7.35. The highest BCUT2D eigenvalue weighted by Crippen LogP contribution is 2.17. The quantitative estimate of drug-likeness (QED) is 0.552. The average Bonchev–Trinajstić information content (AvgIpc) is 2.72. The first-order chi connectivity index (χ1) is 13.7. The molecule has 0 amide bonds. The van der Waals surface area contributed by atoms with Crippen LogP contribution in [0.2, 0.25) is 0 Å². The van der Waals surface area contributed by atoms with Gasteiger partial charge in [0.25, 0.3) is 0 Å². The summed E-state index contributed by atoms with van der Waals surface area (Å²) in [6.45, 7) is 1.93. The van der Waals surface area contributed by atoms with Crippen LogP contribution in [0, 0.1) is 0 Å². The lowest BCUT2D eigenvalue weighted by molar-refractivity contribution is 0.414. The van der Waals surface area contributed by atoms with Gasteiger partial charge in [-0.05, 0) is 61.4 Å². The maximum Gasteiger partial charge on any atom is 0.240 e. The number of rotatable bonds is 11. The van der Waals surface area contributed by atoms with Crippen LogP contribution in [0.5, 0.6) is 11.5 Å². The Morgan fingerprint density at radius 3 is 1.66 bits per heavy atom. The van der Waals surface area contributed by atoms with Gasteiger partial charge in [0, 0.05) is 12.6 Å². The molecule has 0 heterocycles. The molecule has 1 unspecified atom stereocenters. The molecule has 29 heavy (non-hydrogen) atoms. The molecular formula is C19H26N2O6S2. The fraction of sp³-hybridized carbons (Fsp3) is 0.368. The summed E-state index contributed by atoms with van der Waals surface area (Å²) in [6.07, 6.45) is 0.820. The van der Waals surface area contributed by atoms with Gasteiger partial charge < -0.3 is 9.47 Å². The molecule has 0 aliphatic carbocycles. The summed E-state index contributed by atoms with van der Waals surface area (Å²) in [5.41, 5.74) is 0. The summed E-state index contributed by atoms with van der Waals surface area (Å²) in [6, 6.07) is 11.7. The van der Waals surface area contributed by atoms with Crippen molar-refractivity contribution in [1.82, 2.24) is 9.44 Å². The Morgan fingerprint density at radius 1 is 0.793 bits per heavy atom. The van der Waals surface area contributed by atoms with Gasteiger partial charge in [-0.15, -0.1) is 0 Å². The average molecular weight is 443 g/mol. The van der Waals surface area contributed by atoms with Gasteiger partial charge in [-0.25, -0.2) is 26.3 Å². The van der Waals surface area contributed by atoms with E-state index in [1.165, 1.54) is 38.5 Å². The van der Waals surface area contributed by atoms with E-state index in [0.29, 0.717) is 24.3 Å². The molecule has 8 nitrogen and oxygen atoms in total. The molecule has 0 saturated heterocycles. The monoisotopic (exact) mass is 442 g/mol. The number of ether oxygens (including phenoxy) is 2. The van der Waals surface area contributed by atoms with E-state index >= 15 is 0 Å². The zero-order chi connectivity index (χ0) is 21.5. The molecule has 0 radical (unpaired) electrons. The number of nitrogens with one attached hydrogen (secondary N) is 2. The molecule has 0 fully saturated rings. The van der Waals surface area contributed by atoms with E-state index in [0.717, 1.165) is 0 Å². The molecule has 0 aromatic heterocycles. The maximum absolute atomic E-state index is 12.5. The molecule has 2 rings (SSSR count). The van der Waals surface area contributed by atoms with Crippen molar-refractivity contribution in [2.75, 3.05) is 20.8 Å². The predicted octanol–water partition coefficient (Wildman–Crippen LogP) is 2.13. The third kappa shape index (κ3) is 6.43. The molecule has 2 aromatic rings. The Morgan fingerprint density at radius 2 is 1.24 bits per heavy atom. The molecule has 1 atom stereocenters. The van der Waals surface area contributed by atoms with Crippen molar-refractivity contribution in [1.29, 1.82) is 0 Å². The van der Waals surface area contributed by atoms with E-state index in [1.54, 1.807) is 24.3 Å². The second-order valence-electron chi connectivity index (χ2n) is 6.26. The summed E-state index contributed by atoms with van der Waals surface area (Å²) in [5.74, 6) is 1.12. The molecular weight excluding hydrogens is 416 g/mol. The molecule has 0 spiro atoms. The van der Waals surface area contributed by atoms with Crippen LogP contribution in [0.25, 0.3) is 0 Å². The van der Waals surface area contributed by atoms with Crippen LogP contribution in [0.15, 0.2) is 58.3 Å². The van der Waals surface area contributed by atoms with E-state index in [1.807, 2.05) is 6.92 Å². The Kier molecular flexibility index (Phi) is 8.03. The number of methoxy groups -OCH3 is 2. The Hall–Kier alpha value is -2.14. The van der Waals surface area contributed by atoms with E-state index in [2.05, 4.69) is 9.44 Å². The van der Waals surface area contributed by atoms with Crippen molar-refractivity contribution < 1.29 is 26.3 Å². The van der Waals surface area contributed by atoms with Crippen LogP contribution in [-0.2, 0) is 20.0 Å². The van der Waals surface area contributed by atoms with Crippen molar-refractivity contribution in [3.8, 4) is 11.5 Å². The SMILES string of the molecule is CCC(CCNS(=O)(=O)c1ccc(OC)cc1)NS(=O)(=O)c1ccc(OC)cc1. The van der Waals surface area contributed by atoms with Crippen LogP contribution >= 0.6 is 0 Å². The molecule has 0 bridgehead atoms. The molecule has 2 N–H and O–H groups in total. The summed E-state index contributed by atoms with van der Waals surface area (Å²) >= 11 is 0. The molecule has 10 heteroatoms. The van der Waals surface area contributed by atoms with Gasteiger partial charge >= 0.3 is 0 Å². The van der Waals surface area contributed by atoms with Crippen LogP contribution in [0.4, 0.5) is 0 Å². The van der Waals surface area contributed by atoms with Crippen LogP contribution < -0.4 is 18.9 Å². The third-order valence-electron chi connectivity index (χ3n) is 4.34. The van der Waals surface area contributed by atoms with Crippen LogP contribution in [-0.4, -0.2) is 43.6 Å². The number of sulfonamides is 2. The Balaban J connectivity index is 1.96. The first kappa shape index (κ1) is 23.1. The molecule has 0 saturated carbocycles. The number of hydrogen-bond acceptors (Lipinski definition) is 6. The van der Waals surface area contributed by atoms with E-state index in [9.17, 15) is 16.8 Å². The van der Waals surface area contributed by atoms with Gasteiger partial charge in [0.1, 0.15) is 11.5 Å². The van der Waals surface area contributed by atoms with Gasteiger partial charge in [0.15, 0.2) is 0 Å². The van der Waals surface area contributed by atoms with Gasteiger partial charge in [0.2, 0.25) is 20.0 Å². The fourth-order valence-corrected chi connectivity index (χ4v) is 5.00. The molecule has 0 aliphatic rings. The van der Waals surface area contributed by atoms with E-state index in [-0.39, 0.29) is 16.3 Å². The highest BCUT2D eigenvalue weighted by atomic mass is 32.2. The first-order valence-electron chi connectivity index (χ1n) is 9.02. The van der Waals surface area contributed by atoms with Crippen molar-refractivity contribution in [3.05, 3.63) is 48.5 Å². The minimum absolute atomic E-state index is 0.0952. The van der Waals surface area contributed by atoms with Crippen LogP contribution in [0.3, 0.4) is 0 Å². The van der Waals surface area contributed by atoms with Crippen molar-refractivity contribution in [2.24, 2.45) is 0 Å². The Bertz CT molecular complexity index is 988. The first-order valence-corrected chi connectivity index (χ1v) is 12.0. The smallest absolute Gasteiger partial charge is 0.240 e. The Labute approximate surface area is 172 Å². The number of benzene rings is 2. The zero-order valence-corrected chi connectivity index (χ0v) is 18.2. The van der Waals surface area contributed by atoms with Crippen molar-refractivity contribution in [2.45, 2.75) is 35.6 Å².